The van der Waals surface area contributed by atoms with Crippen molar-refractivity contribution in [1.29, 1.82) is 0 Å². The number of carbonyl (C=O) groups excluding carboxylic acids is 4. The van der Waals surface area contributed by atoms with Gasteiger partial charge in [-0.1, -0.05) is 37.3 Å². The predicted molar refractivity (Wildman–Crippen MR) is 189 cm³/mol. The molecule has 0 saturated carbocycles. The van der Waals surface area contributed by atoms with Crippen molar-refractivity contribution >= 4 is 34.6 Å². The number of ether oxygens (including phenoxy) is 2. The van der Waals surface area contributed by atoms with Crippen LogP contribution in [0.15, 0.2) is 47.3 Å². The Balaban J connectivity index is 1.05. The maximum atomic E-state index is 15.2. The number of hydrogen-bond donors (Lipinski definition) is 5. The molecule has 0 unspecified atom stereocenters. The van der Waals surface area contributed by atoms with Gasteiger partial charge in [-0.3, -0.25) is 19.2 Å². The third-order valence-electron chi connectivity index (χ3n) is 10.4. The lowest BCUT2D eigenvalue weighted by Gasteiger charge is -2.31. The van der Waals surface area contributed by atoms with Crippen LogP contribution in [0.5, 0.6) is 0 Å². The standard InChI is InChI=1S/C38H39FN6O8/c1-3-38(51)24-12-29-34-22(15-45(29)36(49)23(24)16-53-37(38)50)33-27(10-9-21-19(2)25(39)13-28(44-34)32(21)33)43-31(47)17-52-18-42-30(46)14-41-35(48)26(40)11-20-7-5-4-6-8-20/h4-8,12-13,26-27,51H,3,9-11,14-18,40H2,1-2H3,(H,41,48)(H,42,46)(H,43,47)/t26-,27-,38-/m0/s1. The summed E-state index contributed by atoms with van der Waals surface area (Å²) in [5.41, 5.74) is 8.49. The van der Waals surface area contributed by atoms with Crippen molar-refractivity contribution in [2.75, 3.05) is 19.9 Å². The number of halogens is 1. The minimum absolute atomic E-state index is 0.0147. The Morgan fingerprint density at radius 1 is 1.13 bits per heavy atom. The van der Waals surface area contributed by atoms with Gasteiger partial charge in [0.15, 0.2) is 5.60 Å². The van der Waals surface area contributed by atoms with Crippen LogP contribution in [0.25, 0.3) is 22.3 Å². The number of aliphatic hydroxyl groups is 1. The quantitative estimate of drug-likeness (QED) is 0.0752. The first kappa shape index (κ1) is 35.9. The lowest BCUT2D eigenvalue weighted by atomic mass is 9.81. The number of nitrogens with zero attached hydrogens (tertiary/aromatic N) is 2. The van der Waals surface area contributed by atoms with Crippen LogP contribution in [0.2, 0.25) is 0 Å². The molecule has 4 aromatic rings. The van der Waals surface area contributed by atoms with Crippen molar-refractivity contribution in [3.8, 4) is 11.4 Å². The molecule has 3 aliphatic rings. The minimum Gasteiger partial charge on any atom is -0.458 e. The van der Waals surface area contributed by atoms with Crippen LogP contribution in [0, 0.1) is 12.7 Å². The van der Waals surface area contributed by atoms with Gasteiger partial charge in [-0.25, -0.2) is 14.2 Å². The fraction of sp³-hybridized carbons (Fsp3) is 0.368. The Bertz CT molecular complexity index is 2240. The molecule has 3 atom stereocenters. The summed E-state index contributed by atoms with van der Waals surface area (Å²) in [7, 11) is 0. The summed E-state index contributed by atoms with van der Waals surface area (Å²) >= 11 is 0. The van der Waals surface area contributed by atoms with Crippen LogP contribution >= 0.6 is 0 Å². The molecule has 0 bridgehead atoms. The van der Waals surface area contributed by atoms with E-state index in [0.29, 0.717) is 58.2 Å². The Kier molecular flexibility index (Phi) is 9.57. The summed E-state index contributed by atoms with van der Waals surface area (Å²) in [6, 6.07) is 10.8. The van der Waals surface area contributed by atoms with Gasteiger partial charge in [0.1, 0.15) is 25.8 Å². The van der Waals surface area contributed by atoms with Gasteiger partial charge in [-0.15, -0.1) is 0 Å². The van der Waals surface area contributed by atoms with E-state index in [1.54, 1.807) is 19.9 Å². The minimum atomic E-state index is -2.01. The predicted octanol–water partition coefficient (Wildman–Crippen LogP) is 1.41. The van der Waals surface area contributed by atoms with E-state index in [2.05, 4.69) is 16.0 Å². The highest BCUT2D eigenvalue weighted by atomic mass is 19.1. The molecule has 0 spiro atoms. The van der Waals surface area contributed by atoms with E-state index < -0.39 is 59.4 Å². The van der Waals surface area contributed by atoms with E-state index in [1.807, 2.05) is 30.3 Å². The van der Waals surface area contributed by atoms with Crippen LogP contribution < -0.4 is 27.2 Å². The number of esters is 1. The lowest BCUT2D eigenvalue weighted by molar-refractivity contribution is -0.172. The molecule has 2 aliphatic heterocycles. The van der Waals surface area contributed by atoms with E-state index >= 15 is 4.39 Å². The van der Waals surface area contributed by atoms with Crippen molar-refractivity contribution in [2.45, 2.75) is 70.4 Å². The maximum absolute atomic E-state index is 15.2. The van der Waals surface area contributed by atoms with Gasteiger partial charge in [0.2, 0.25) is 17.7 Å². The van der Waals surface area contributed by atoms with E-state index in [0.717, 1.165) is 11.1 Å². The second-order valence-electron chi connectivity index (χ2n) is 13.6. The summed E-state index contributed by atoms with van der Waals surface area (Å²) < 4.78 is 27.3. The van der Waals surface area contributed by atoms with Crippen LogP contribution in [-0.2, 0) is 60.2 Å². The van der Waals surface area contributed by atoms with Crippen molar-refractivity contribution in [3.63, 3.8) is 0 Å². The maximum Gasteiger partial charge on any atom is 0.343 e. The highest BCUT2D eigenvalue weighted by molar-refractivity contribution is 5.94. The Morgan fingerprint density at radius 3 is 2.66 bits per heavy atom. The number of fused-ring (bicyclic) bond motifs is 5. The molecule has 0 radical (unpaired) electrons. The van der Waals surface area contributed by atoms with Gasteiger partial charge >= 0.3 is 5.97 Å². The average Bonchev–Trinajstić information content (AvgIpc) is 3.52. The molecule has 53 heavy (non-hydrogen) atoms. The van der Waals surface area contributed by atoms with Crippen molar-refractivity contribution < 1.29 is 38.1 Å². The second kappa shape index (κ2) is 14.1. The van der Waals surface area contributed by atoms with E-state index in [9.17, 15) is 29.1 Å². The normalized spacial score (nSPS) is 18.7. The molecule has 14 nitrogen and oxygen atoms in total. The Labute approximate surface area is 302 Å². The number of aromatic nitrogens is 2. The number of cyclic esters (lactones) is 1. The largest absolute Gasteiger partial charge is 0.458 e. The molecule has 2 aromatic carbocycles. The number of aryl methyl sites for hydroxylation is 1. The molecule has 7 rings (SSSR count). The molecular formula is C38H39FN6O8. The molecule has 1 aliphatic carbocycles. The zero-order valence-corrected chi connectivity index (χ0v) is 29.2. The third-order valence-corrected chi connectivity index (χ3v) is 10.4. The number of nitrogens with one attached hydrogen (secondary N) is 3. The van der Waals surface area contributed by atoms with Gasteiger partial charge in [0.25, 0.3) is 5.56 Å². The molecular weight excluding hydrogens is 687 g/mol. The van der Waals surface area contributed by atoms with E-state index in [1.165, 1.54) is 10.6 Å². The second-order valence-corrected chi connectivity index (χ2v) is 13.6. The van der Waals surface area contributed by atoms with Crippen LogP contribution in [0.1, 0.15) is 64.8 Å². The Morgan fingerprint density at radius 2 is 1.91 bits per heavy atom. The summed E-state index contributed by atoms with van der Waals surface area (Å²) in [4.78, 5) is 69.1. The smallest absolute Gasteiger partial charge is 0.343 e. The topological polar surface area (TPSA) is 204 Å². The summed E-state index contributed by atoms with van der Waals surface area (Å²) in [6.45, 7) is 2.13. The van der Waals surface area contributed by atoms with Crippen molar-refractivity contribution in [2.24, 2.45) is 5.73 Å². The zero-order valence-electron chi connectivity index (χ0n) is 29.2. The summed E-state index contributed by atoms with van der Waals surface area (Å²) in [5, 5.41) is 20.0. The van der Waals surface area contributed by atoms with Crippen molar-refractivity contribution in [3.05, 3.63) is 97.6 Å². The first-order chi connectivity index (χ1) is 25.4. The summed E-state index contributed by atoms with van der Waals surface area (Å²) in [5.74, 6) is -2.75. The molecule has 15 heteroatoms. The van der Waals surface area contributed by atoms with Gasteiger partial charge in [0, 0.05) is 22.6 Å². The van der Waals surface area contributed by atoms with Gasteiger partial charge in [-0.2, -0.15) is 0 Å². The van der Waals surface area contributed by atoms with Gasteiger partial charge in [0.05, 0.1) is 47.6 Å². The SMILES string of the molecule is CC[C@@]1(O)C(=O)OCc2c1cc1n(c2=O)Cc2c-1nc1cc(F)c(C)c3c1c2[C@@H](NC(=O)COCNC(=O)CNC(=O)[C@@H](N)Cc1ccccc1)CC3. The first-order valence-corrected chi connectivity index (χ1v) is 17.4. The number of pyridine rings is 2. The molecule has 6 N–H and O–H groups in total. The molecule has 3 amide bonds. The number of rotatable bonds is 11. The number of nitrogens with two attached hydrogens (primary N) is 1. The molecule has 2 aromatic heterocycles. The van der Waals surface area contributed by atoms with E-state index in [-0.39, 0.29) is 44.0 Å². The number of carbonyl (C=O) groups is 4. The monoisotopic (exact) mass is 726 g/mol. The molecule has 4 heterocycles. The highest BCUT2D eigenvalue weighted by Crippen LogP contribution is 2.45. The van der Waals surface area contributed by atoms with Crippen LogP contribution in [0.3, 0.4) is 0 Å². The van der Waals surface area contributed by atoms with Crippen LogP contribution in [-0.4, -0.2) is 64.3 Å². The van der Waals surface area contributed by atoms with Crippen molar-refractivity contribution in [1.82, 2.24) is 25.5 Å². The molecule has 276 valence electrons. The lowest BCUT2D eigenvalue weighted by Crippen LogP contribution is -2.46. The third kappa shape index (κ3) is 6.44. The number of amides is 3. The Hall–Kier alpha value is -5.51. The highest BCUT2D eigenvalue weighted by Gasteiger charge is 2.46. The molecule has 0 fully saturated rings. The first-order valence-electron chi connectivity index (χ1n) is 17.4. The fourth-order valence-corrected chi connectivity index (χ4v) is 7.53. The zero-order chi connectivity index (χ0) is 37.6. The van der Waals surface area contributed by atoms with Gasteiger partial charge < -0.3 is 40.8 Å². The number of hydrogen-bond acceptors (Lipinski definition) is 10. The average molecular weight is 727 g/mol. The fourth-order valence-electron chi connectivity index (χ4n) is 7.53. The van der Waals surface area contributed by atoms with Crippen LogP contribution in [0.4, 0.5) is 4.39 Å². The summed E-state index contributed by atoms with van der Waals surface area (Å²) in [6.07, 6.45) is 1.19. The number of benzene rings is 2. The van der Waals surface area contributed by atoms with Gasteiger partial charge in [-0.05, 0) is 60.9 Å². The molecule has 0 saturated heterocycles. The van der Waals surface area contributed by atoms with E-state index in [4.69, 9.17) is 20.2 Å².